The molecule has 0 bridgehead atoms. The number of benzene rings is 2. The van der Waals surface area contributed by atoms with Crippen molar-refractivity contribution in [3.8, 4) is 0 Å². The third-order valence-corrected chi connectivity index (χ3v) is 4.92. The van der Waals surface area contributed by atoms with Crippen LogP contribution in [0.3, 0.4) is 0 Å². The van der Waals surface area contributed by atoms with Gasteiger partial charge in [-0.05, 0) is 48.1 Å². The van der Waals surface area contributed by atoms with E-state index in [0.29, 0.717) is 19.7 Å². The molecule has 0 fully saturated rings. The number of nitrogen functional groups attached to an aromatic ring is 1. The van der Waals surface area contributed by atoms with Crippen LogP contribution in [0.15, 0.2) is 42.5 Å². The van der Waals surface area contributed by atoms with Crippen molar-refractivity contribution in [3.05, 3.63) is 59.2 Å². The summed E-state index contributed by atoms with van der Waals surface area (Å²) in [5.41, 5.74) is 11.4. The standard InChI is InChI=1S/C22H29N3O2.ClH/c1-2-13-27-16-18-8-4-3-7-17(18)14-24-22(26)15-25-12-6-9-19-20(23)10-5-11-21(19)25;/h3-5,7-8,10-11H,2,6,9,12-16,23H2,1H3,(H,24,26);1H. The van der Waals surface area contributed by atoms with Gasteiger partial charge in [-0.15, -0.1) is 12.4 Å². The van der Waals surface area contributed by atoms with E-state index in [1.54, 1.807) is 0 Å². The normalized spacial score (nSPS) is 12.8. The monoisotopic (exact) mass is 403 g/mol. The second-order valence-electron chi connectivity index (χ2n) is 6.97. The number of nitrogens with two attached hydrogens (primary N) is 1. The van der Waals surface area contributed by atoms with Crippen LogP contribution in [-0.4, -0.2) is 25.6 Å². The van der Waals surface area contributed by atoms with Crippen molar-refractivity contribution in [1.82, 2.24) is 5.32 Å². The largest absolute Gasteiger partial charge is 0.398 e. The number of ether oxygens (including phenoxy) is 1. The SMILES string of the molecule is CCCOCc1ccccc1CNC(=O)CN1CCCc2c(N)cccc21.Cl. The Morgan fingerprint density at radius 3 is 2.75 bits per heavy atom. The van der Waals surface area contributed by atoms with E-state index in [0.717, 1.165) is 60.5 Å². The topological polar surface area (TPSA) is 67.6 Å². The molecule has 1 amide bonds. The lowest BCUT2D eigenvalue weighted by Crippen LogP contribution is -2.39. The van der Waals surface area contributed by atoms with Gasteiger partial charge in [-0.3, -0.25) is 4.79 Å². The van der Waals surface area contributed by atoms with Crippen LogP contribution >= 0.6 is 12.4 Å². The van der Waals surface area contributed by atoms with Gasteiger partial charge >= 0.3 is 0 Å². The molecule has 0 aliphatic carbocycles. The smallest absolute Gasteiger partial charge is 0.239 e. The van der Waals surface area contributed by atoms with Gasteiger partial charge in [-0.2, -0.15) is 0 Å². The van der Waals surface area contributed by atoms with Gasteiger partial charge in [-0.1, -0.05) is 37.3 Å². The first-order chi connectivity index (χ1) is 13.2. The molecule has 0 saturated heterocycles. The van der Waals surface area contributed by atoms with Gasteiger partial charge in [0.1, 0.15) is 0 Å². The molecule has 152 valence electrons. The van der Waals surface area contributed by atoms with E-state index in [4.69, 9.17) is 10.5 Å². The summed E-state index contributed by atoms with van der Waals surface area (Å²) in [7, 11) is 0. The van der Waals surface area contributed by atoms with E-state index in [1.165, 1.54) is 0 Å². The second-order valence-corrected chi connectivity index (χ2v) is 6.97. The molecule has 1 aliphatic rings. The molecule has 28 heavy (non-hydrogen) atoms. The van der Waals surface area contributed by atoms with E-state index in [-0.39, 0.29) is 18.3 Å². The first-order valence-electron chi connectivity index (χ1n) is 9.72. The quantitative estimate of drug-likeness (QED) is 0.521. The molecule has 5 nitrogen and oxygen atoms in total. The molecule has 2 aromatic rings. The number of hydrogen-bond donors (Lipinski definition) is 2. The average Bonchev–Trinajstić information content (AvgIpc) is 2.68. The fraction of sp³-hybridized carbons (Fsp3) is 0.409. The van der Waals surface area contributed by atoms with Crippen molar-refractivity contribution in [1.29, 1.82) is 0 Å². The first-order valence-corrected chi connectivity index (χ1v) is 9.72. The van der Waals surface area contributed by atoms with Crippen molar-refractivity contribution in [2.24, 2.45) is 0 Å². The average molecular weight is 404 g/mol. The van der Waals surface area contributed by atoms with E-state index >= 15 is 0 Å². The zero-order valence-electron chi connectivity index (χ0n) is 16.4. The van der Waals surface area contributed by atoms with Crippen LogP contribution in [-0.2, 0) is 29.1 Å². The van der Waals surface area contributed by atoms with Gasteiger partial charge < -0.3 is 20.7 Å². The highest BCUT2D eigenvalue weighted by Gasteiger charge is 2.20. The van der Waals surface area contributed by atoms with E-state index in [1.807, 2.05) is 30.3 Å². The Morgan fingerprint density at radius 1 is 1.18 bits per heavy atom. The molecule has 1 heterocycles. The molecule has 0 radical (unpaired) electrons. The Morgan fingerprint density at radius 2 is 1.96 bits per heavy atom. The van der Waals surface area contributed by atoms with Crippen LogP contribution in [0.5, 0.6) is 0 Å². The Kier molecular flexibility index (Phi) is 8.61. The zero-order valence-corrected chi connectivity index (χ0v) is 17.3. The van der Waals surface area contributed by atoms with Crippen LogP contribution in [0.25, 0.3) is 0 Å². The van der Waals surface area contributed by atoms with Gasteiger partial charge in [0, 0.05) is 31.1 Å². The summed E-state index contributed by atoms with van der Waals surface area (Å²) in [5.74, 6) is 0.0227. The van der Waals surface area contributed by atoms with E-state index < -0.39 is 0 Å². The lowest BCUT2D eigenvalue weighted by molar-refractivity contribution is -0.119. The highest BCUT2D eigenvalue weighted by atomic mass is 35.5. The van der Waals surface area contributed by atoms with Crippen LogP contribution in [0.1, 0.15) is 36.5 Å². The molecule has 3 N–H and O–H groups in total. The van der Waals surface area contributed by atoms with Gasteiger partial charge in [0.25, 0.3) is 0 Å². The molecule has 6 heteroatoms. The summed E-state index contributed by atoms with van der Waals surface area (Å²) >= 11 is 0. The van der Waals surface area contributed by atoms with Gasteiger partial charge in [0.2, 0.25) is 5.91 Å². The van der Waals surface area contributed by atoms with Crippen LogP contribution in [0.2, 0.25) is 0 Å². The van der Waals surface area contributed by atoms with E-state index in [2.05, 4.69) is 29.3 Å². The Bertz CT molecular complexity index is 782. The maximum absolute atomic E-state index is 12.5. The van der Waals surface area contributed by atoms with Gasteiger partial charge in [0.05, 0.1) is 13.2 Å². The number of fused-ring (bicyclic) bond motifs is 1. The van der Waals surface area contributed by atoms with Crippen LogP contribution < -0.4 is 16.0 Å². The third kappa shape index (κ3) is 5.63. The molecule has 0 atom stereocenters. The first kappa shape index (κ1) is 22.1. The van der Waals surface area contributed by atoms with Crippen molar-refractivity contribution in [2.45, 2.75) is 39.3 Å². The number of nitrogens with one attached hydrogen (secondary N) is 1. The van der Waals surface area contributed by atoms with E-state index in [9.17, 15) is 4.79 Å². The molecule has 1 aliphatic heterocycles. The Balaban J connectivity index is 0.00000280. The third-order valence-electron chi connectivity index (χ3n) is 4.92. The molecule has 0 unspecified atom stereocenters. The Labute approximate surface area is 173 Å². The molecule has 0 saturated carbocycles. The van der Waals surface area contributed by atoms with Gasteiger partial charge in [-0.25, -0.2) is 0 Å². The maximum atomic E-state index is 12.5. The van der Waals surface area contributed by atoms with Crippen LogP contribution in [0, 0.1) is 0 Å². The zero-order chi connectivity index (χ0) is 19.1. The Hall–Kier alpha value is -2.24. The van der Waals surface area contributed by atoms with Crippen molar-refractivity contribution in [3.63, 3.8) is 0 Å². The fourth-order valence-corrected chi connectivity index (χ4v) is 3.51. The number of halogens is 1. The predicted octanol–water partition coefficient (Wildman–Crippen LogP) is 3.69. The number of hydrogen-bond acceptors (Lipinski definition) is 4. The minimum atomic E-state index is 0. The molecular formula is C22H30ClN3O2. The molecular weight excluding hydrogens is 374 g/mol. The highest BCUT2D eigenvalue weighted by Crippen LogP contribution is 2.30. The molecule has 0 aromatic heterocycles. The molecule has 3 rings (SSSR count). The van der Waals surface area contributed by atoms with Crippen molar-refractivity contribution < 1.29 is 9.53 Å². The number of carbonyl (C=O) groups excluding carboxylic acids is 1. The maximum Gasteiger partial charge on any atom is 0.239 e. The number of nitrogens with zero attached hydrogens (tertiary/aromatic N) is 1. The summed E-state index contributed by atoms with van der Waals surface area (Å²) in [6, 6.07) is 14.0. The minimum absolute atomic E-state index is 0. The number of anilines is 2. The fourth-order valence-electron chi connectivity index (χ4n) is 3.51. The van der Waals surface area contributed by atoms with Crippen molar-refractivity contribution in [2.75, 3.05) is 30.3 Å². The summed E-state index contributed by atoms with van der Waals surface area (Å²) in [6.07, 6.45) is 3.00. The minimum Gasteiger partial charge on any atom is -0.398 e. The summed E-state index contributed by atoms with van der Waals surface area (Å²) in [5, 5.41) is 3.06. The number of carbonyl (C=O) groups is 1. The lowest BCUT2D eigenvalue weighted by atomic mass is 10.00. The summed E-state index contributed by atoms with van der Waals surface area (Å²) in [4.78, 5) is 14.7. The molecule has 2 aromatic carbocycles. The lowest BCUT2D eigenvalue weighted by Gasteiger charge is -2.31. The number of amides is 1. The van der Waals surface area contributed by atoms with Crippen LogP contribution in [0.4, 0.5) is 11.4 Å². The summed E-state index contributed by atoms with van der Waals surface area (Å²) < 4.78 is 5.66. The molecule has 0 spiro atoms. The highest BCUT2D eigenvalue weighted by molar-refractivity contribution is 5.85. The van der Waals surface area contributed by atoms with Crippen molar-refractivity contribution >= 4 is 29.7 Å². The second kappa shape index (κ2) is 10.9. The number of rotatable bonds is 8. The van der Waals surface area contributed by atoms with Gasteiger partial charge in [0.15, 0.2) is 0 Å². The predicted molar refractivity (Wildman–Crippen MR) is 117 cm³/mol. The summed E-state index contributed by atoms with van der Waals surface area (Å²) in [6.45, 7) is 5.17.